The van der Waals surface area contributed by atoms with E-state index in [1.54, 1.807) is 0 Å². The van der Waals surface area contributed by atoms with E-state index in [0.29, 0.717) is 5.76 Å². The zero-order valence-electron chi connectivity index (χ0n) is 11.5. The first-order chi connectivity index (χ1) is 9.16. The SMILES string of the molecule is CCC1(C(=O)c2cc3cccc(C)c3o2)CCCN1. The Balaban J connectivity index is 2.04. The fraction of sp³-hybridized carbons (Fsp3) is 0.438. The van der Waals surface area contributed by atoms with Crippen LogP contribution in [0.3, 0.4) is 0 Å². The van der Waals surface area contributed by atoms with Gasteiger partial charge in [0, 0.05) is 5.39 Å². The molecule has 3 heteroatoms. The van der Waals surface area contributed by atoms with Gasteiger partial charge in [-0.1, -0.05) is 25.1 Å². The Morgan fingerprint density at radius 1 is 1.47 bits per heavy atom. The van der Waals surface area contributed by atoms with E-state index in [1.165, 1.54) is 0 Å². The van der Waals surface area contributed by atoms with Gasteiger partial charge in [0.05, 0.1) is 5.54 Å². The number of para-hydroxylation sites is 1. The highest BCUT2D eigenvalue weighted by Gasteiger charge is 2.41. The zero-order chi connectivity index (χ0) is 13.5. The summed E-state index contributed by atoms with van der Waals surface area (Å²) in [6.07, 6.45) is 2.76. The third-order valence-corrected chi connectivity index (χ3v) is 4.25. The number of benzene rings is 1. The topological polar surface area (TPSA) is 42.2 Å². The Labute approximate surface area is 113 Å². The molecule has 0 bridgehead atoms. The molecule has 0 amide bonds. The van der Waals surface area contributed by atoms with Crippen LogP contribution in [0.2, 0.25) is 0 Å². The summed E-state index contributed by atoms with van der Waals surface area (Å²) in [6.45, 7) is 4.98. The molecule has 1 fully saturated rings. The molecule has 2 aromatic rings. The quantitative estimate of drug-likeness (QED) is 0.856. The number of rotatable bonds is 3. The van der Waals surface area contributed by atoms with Crippen molar-refractivity contribution >= 4 is 16.8 Å². The van der Waals surface area contributed by atoms with Crippen LogP contribution in [0.25, 0.3) is 11.0 Å². The lowest BCUT2D eigenvalue weighted by Gasteiger charge is -2.24. The summed E-state index contributed by atoms with van der Waals surface area (Å²) in [5.41, 5.74) is 1.48. The lowest BCUT2D eigenvalue weighted by atomic mass is 9.88. The maximum Gasteiger partial charge on any atom is 0.217 e. The van der Waals surface area contributed by atoms with Gasteiger partial charge in [0.25, 0.3) is 0 Å². The summed E-state index contributed by atoms with van der Waals surface area (Å²) < 4.78 is 5.81. The van der Waals surface area contributed by atoms with Gasteiger partial charge in [-0.2, -0.15) is 0 Å². The number of carbonyl (C=O) groups excluding carboxylic acids is 1. The molecular formula is C16H19NO2. The molecule has 0 saturated carbocycles. The molecule has 1 N–H and O–H groups in total. The molecular weight excluding hydrogens is 238 g/mol. The predicted octanol–water partition coefficient (Wildman–Crippen LogP) is 3.46. The van der Waals surface area contributed by atoms with Gasteiger partial charge >= 0.3 is 0 Å². The van der Waals surface area contributed by atoms with Crippen molar-refractivity contribution in [2.75, 3.05) is 6.54 Å². The van der Waals surface area contributed by atoms with E-state index in [-0.39, 0.29) is 5.78 Å². The van der Waals surface area contributed by atoms with Gasteiger partial charge in [-0.25, -0.2) is 0 Å². The average molecular weight is 257 g/mol. The van der Waals surface area contributed by atoms with Crippen LogP contribution in [0.4, 0.5) is 0 Å². The maximum absolute atomic E-state index is 12.7. The molecule has 0 spiro atoms. The number of furan rings is 1. The molecule has 3 rings (SSSR count). The van der Waals surface area contributed by atoms with Gasteiger partial charge in [-0.3, -0.25) is 4.79 Å². The molecule has 1 atom stereocenters. The van der Waals surface area contributed by atoms with E-state index in [4.69, 9.17) is 4.42 Å². The Kier molecular flexibility index (Phi) is 2.94. The normalized spacial score (nSPS) is 23.1. The number of hydrogen-bond donors (Lipinski definition) is 1. The van der Waals surface area contributed by atoms with Crippen LogP contribution in [-0.4, -0.2) is 17.9 Å². The van der Waals surface area contributed by atoms with Crippen LogP contribution >= 0.6 is 0 Å². The van der Waals surface area contributed by atoms with Crippen molar-refractivity contribution < 1.29 is 9.21 Å². The van der Waals surface area contributed by atoms with Gasteiger partial charge in [-0.05, 0) is 44.4 Å². The maximum atomic E-state index is 12.7. The summed E-state index contributed by atoms with van der Waals surface area (Å²) in [6, 6.07) is 7.86. The van der Waals surface area contributed by atoms with E-state index in [2.05, 4.69) is 12.2 Å². The summed E-state index contributed by atoms with van der Waals surface area (Å²) in [5, 5.41) is 4.37. The molecule has 100 valence electrons. The Morgan fingerprint density at radius 2 is 2.32 bits per heavy atom. The second-order valence-corrected chi connectivity index (χ2v) is 5.40. The Morgan fingerprint density at radius 3 is 2.95 bits per heavy atom. The molecule has 1 aliphatic rings. The molecule has 19 heavy (non-hydrogen) atoms. The third-order valence-electron chi connectivity index (χ3n) is 4.25. The van der Waals surface area contributed by atoms with E-state index in [1.807, 2.05) is 31.2 Å². The van der Waals surface area contributed by atoms with E-state index < -0.39 is 5.54 Å². The first-order valence-electron chi connectivity index (χ1n) is 6.95. The molecule has 0 radical (unpaired) electrons. The van der Waals surface area contributed by atoms with Crippen molar-refractivity contribution in [1.29, 1.82) is 0 Å². The number of aryl methyl sites for hydroxylation is 1. The lowest BCUT2D eigenvalue weighted by Crippen LogP contribution is -2.46. The van der Waals surface area contributed by atoms with Crippen molar-refractivity contribution in [2.45, 2.75) is 38.6 Å². The number of carbonyl (C=O) groups is 1. The Hall–Kier alpha value is -1.61. The molecule has 1 unspecified atom stereocenters. The number of fused-ring (bicyclic) bond motifs is 1. The van der Waals surface area contributed by atoms with Crippen LogP contribution in [0, 0.1) is 6.92 Å². The summed E-state index contributed by atoms with van der Waals surface area (Å²) >= 11 is 0. The highest BCUT2D eigenvalue weighted by molar-refractivity contribution is 6.04. The van der Waals surface area contributed by atoms with Crippen molar-refractivity contribution in [1.82, 2.24) is 5.32 Å². The second-order valence-electron chi connectivity index (χ2n) is 5.40. The highest BCUT2D eigenvalue weighted by atomic mass is 16.3. The molecule has 1 saturated heterocycles. The van der Waals surface area contributed by atoms with Crippen molar-refractivity contribution in [2.24, 2.45) is 0 Å². The van der Waals surface area contributed by atoms with Gasteiger partial charge in [0.15, 0.2) is 5.76 Å². The van der Waals surface area contributed by atoms with E-state index in [9.17, 15) is 4.79 Å². The molecule has 2 heterocycles. The van der Waals surface area contributed by atoms with Crippen molar-refractivity contribution in [3.63, 3.8) is 0 Å². The van der Waals surface area contributed by atoms with E-state index in [0.717, 1.165) is 42.3 Å². The highest BCUT2D eigenvalue weighted by Crippen LogP contribution is 2.30. The van der Waals surface area contributed by atoms with Crippen LogP contribution < -0.4 is 5.32 Å². The first-order valence-corrected chi connectivity index (χ1v) is 6.95. The molecule has 3 nitrogen and oxygen atoms in total. The van der Waals surface area contributed by atoms with Gasteiger partial charge in [0.1, 0.15) is 5.58 Å². The van der Waals surface area contributed by atoms with Crippen LogP contribution in [0.15, 0.2) is 28.7 Å². The second kappa shape index (κ2) is 4.49. The first kappa shape index (κ1) is 12.4. The molecule has 1 aromatic heterocycles. The smallest absolute Gasteiger partial charge is 0.217 e. The summed E-state index contributed by atoms with van der Waals surface area (Å²) in [5.74, 6) is 0.587. The lowest BCUT2D eigenvalue weighted by molar-refractivity contribution is 0.0836. The Bertz CT molecular complexity index is 621. The molecule has 1 aliphatic heterocycles. The van der Waals surface area contributed by atoms with Crippen molar-refractivity contribution in [3.8, 4) is 0 Å². The summed E-state index contributed by atoms with van der Waals surface area (Å²) in [7, 11) is 0. The number of ketones is 1. The van der Waals surface area contributed by atoms with Gasteiger partial charge < -0.3 is 9.73 Å². The standard InChI is InChI=1S/C16H19NO2/c1-3-16(8-5-9-17-16)15(18)13-10-12-7-4-6-11(2)14(12)19-13/h4,6-7,10,17H,3,5,8-9H2,1-2H3. The van der Waals surface area contributed by atoms with Gasteiger partial charge in [-0.15, -0.1) is 0 Å². The minimum absolute atomic E-state index is 0.100. The summed E-state index contributed by atoms with van der Waals surface area (Å²) in [4.78, 5) is 12.7. The van der Waals surface area contributed by atoms with Gasteiger partial charge in [0.2, 0.25) is 5.78 Å². The fourth-order valence-corrected chi connectivity index (χ4v) is 3.02. The monoisotopic (exact) mass is 257 g/mol. The zero-order valence-corrected chi connectivity index (χ0v) is 11.5. The number of hydrogen-bond acceptors (Lipinski definition) is 3. The molecule has 0 aliphatic carbocycles. The minimum atomic E-state index is -0.415. The van der Waals surface area contributed by atoms with Crippen LogP contribution in [0.5, 0.6) is 0 Å². The predicted molar refractivity (Wildman–Crippen MR) is 75.5 cm³/mol. The third kappa shape index (κ3) is 1.89. The fourth-order valence-electron chi connectivity index (χ4n) is 3.02. The number of Topliss-reactive ketones (excluding diaryl/α,β-unsaturated/α-hetero) is 1. The largest absolute Gasteiger partial charge is 0.453 e. The molecule has 1 aromatic carbocycles. The van der Waals surface area contributed by atoms with Crippen molar-refractivity contribution in [3.05, 3.63) is 35.6 Å². The average Bonchev–Trinajstić information content (AvgIpc) is 3.06. The number of nitrogens with one attached hydrogen (secondary N) is 1. The van der Waals surface area contributed by atoms with E-state index >= 15 is 0 Å². The minimum Gasteiger partial charge on any atom is -0.453 e. The van der Waals surface area contributed by atoms with Crippen LogP contribution in [0.1, 0.15) is 42.3 Å². The van der Waals surface area contributed by atoms with Crippen LogP contribution in [-0.2, 0) is 0 Å².